The van der Waals surface area contributed by atoms with E-state index in [2.05, 4.69) is 83.4 Å². The molecule has 0 aliphatic carbocycles. The molecule has 0 spiro atoms. The minimum absolute atomic E-state index is 1.07. The van der Waals surface area contributed by atoms with Crippen molar-refractivity contribution in [2.45, 2.75) is 0 Å². The van der Waals surface area contributed by atoms with Gasteiger partial charge < -0.3 is 14.7 Å². The molecule has 1 saturated heterocycles. The number of para-hydroxylation sites is 3. The molecule has 2 aromatic rings. The molecule has 21 heavy (non-hydrogen) atoms. The summed E-state index contributed by atoms with van der Waals surface area (Å²) in [5.41, 5.74) is 3.97. The second-order valence-electron chi connectivity index (χ2n) is 5.69. The number of benzene rings is 2. The molecule has 1 aliphatic heterocycles. The summed E-state index contributed by atoms with van der Waals surface area (Å²) in [5, 5.41) is 0. The highest BCUT2D eigenvalue weighted by atomic mass is 15.3. The number of hydrogen-bond donors (Lipinski definition) is 0. The van der Waals surface area contributed by atoms with E-state index in [1.165, 1.54) is 17.1 Å². The smallest absolute Gasteiger partial charge is 0.0605 e. The van der Waals surface area contributed by atoms with Gasteiger partial charge in [0, 0.05) is 46.0 Å². The minimum atomic E-state index is 1.07. The van der Waals surface area contributed by atoms with E-state index in [1.807, 2.05) is 0 Å². The van der Waals surface area contributed by atoms with E-state index >= 15 is 0 Å². The zero-order valence-corrected chi connectivity index (χ0v) is 12.9. The molecule has 0 radical (unpaired) electrons. The van der Waals surface area contributed by atoms with Crippen molar-refractivity contribution in [3.05, 3.63) is 54.6 Å². The molecule has 2 aromatic carbocycles. The maximum Gasteiger partial charge on any atom is 0.0605 e. The molecule has 3 heteroatoms. The maximum atomic E-state index is 2.49. The Hall–Kier alpha value is -2.16. The zero-order chi connectivity index (χ0) is 14.7. The van der Waals surface area contributed by atoms with Crippen molar-refractivity contribution in [2.75, 3.05) is 55.0 Å². The molecule has 0 aromatic heterocycles. The molecule has 1 aliphatic rings. The van der Waals surface area contributed by atoms with Gasteiger partial charge in [-0.1, -0.05) is 30.3 Å². The fourth-order valence-corrected chi connectivity index (χ4v) is 2.95. The average Bonchev–Trinajstić information content (AvgIpc) is 2.56. The number of hydrogen-bond acceptors (Lipinski definition) is 3. The first-order valence-electron chi connectivity index (χ1n) is 7.57. The van der Waals surface area contributed by atoms with E-state index in [-0.39, 0.29) is 0 Å². The summed E-state index contributed by atoms with van der Waals surface area (Å²) in [6, 6.07) is 19.4. The predicted octanol–water partition coefficient (Wildman–Crippen LogP) is 3.08. The van der Waals surface area contributed by atoms with E-state index in [0.717, 1.165) is 26.2 Å². The lowest BCUT2D eigenvalue weighted by atomic mass is 10.2. The van der Waals surface area contributed by atoms with Gasteiger partial charge in [-0.2, -0.15) is 0 Å². The van der Waals surface area contributed by atoms with Gasteiger partial charge in [-0.3, -0.25) is 0 Å². The third-order valence-electron chi connectivity index (χ3n) is 4.11. The van der Waals surface area contributed by atoms with E-state index in [1.54, 1.807) is 0 Å². The summed E-state index contributed by atoms with van der Waals surface area (Å²) in [5.74, 6) is 0. The Morgan fingerprint density at radius 3 is 1.95 bits per heavy atom. The van der Waals surface area contributed by atoms with Crippen LogP contribution in [0.2, 0.25) is 0 Å². The van der Waals surface area contributed by atoms with Gasteiger partial charge in [-0.25, -0.2) is 0 Å². The topological polar surface area (TPSA) is 9.72 Å². The largest absolute Gasteiger partial charge is 0.376 e. The molecule has 0 atom stereocenters. The van der Waals surface area contributed by atoms with Crippen LogP contribution in [-0.4, -0.2) is 40.3 Å². The first kappa shape index (κ1) is 13.8. The molecule has 0 unspecified atom stereocenters. The summed E-state index contributed by atoms with van der Waals surface area (Å²) < 4.78 is 0. The monoisotopic (exact) mass is 281 g/mol. The van der Waals surface area contributed by atoms with Gasteiger partial charge >= 0.3 is 0 Å². The lowest BCUT2D eigenvalue weighted by Gasteiger charge is -2.38. The lowest BCUT2D eigenvalue weighted by molar-refractivity contribution is 0.653. The Balaban J connectivity index is 1.72. The predicted molar refractivity (Wildman–Crippen MR) is 91.6 cm³/mol. The molecule has 0 N–H and O–H groups in total. The van der Waals surface area contributed by atoms with Crippen LogP contribution >= 0.6 is 0 Å². The number of nitrogens with zero attached hydrogens (tertiary/aromatic N) is 3. The normalized spacial score (nSPS) is 15.1. The SMILES string of the molecule is CN(C)c1ccccc1N1CCN(c2ccccc2)CC1. The van der Waals surface area contributed by atoms with Crippen LogP contribution in [0.15, 0.2) is 54.6 Å². The molecular weight excluding hydrogens is 258 g/mol. The summed E-state index contributed by atoms with van der Waals surface area (Å²) in [4.78, 5) is 7.16. The summed E-state index contributed by atoms with van der Waals surface area (Å²) >= 11 is 0. The molecule has 0 bridgehead atoms. The number of rotatable bonds is 3. The van der Waals surface area contributed by atoms with Crippen molar-refractivity contribution in [2.24, 2.45) is 0 Å². The zero-order valence-electron chi connectivity index (χ0n) is 12.9. The number of anilines is 3. The first-order chi connectivity index (χ1) is 10.3. The van der Waals surface area contributed by atoms with E-state index in [4.69, 9.17) is 0 Å². The van der Waals surface area contributed by atoms with Crippen LogP contribution in [0.4, 0.5) is 17.1 Å². The Morgan fingerprint density at radius 1 is 0.714 bits per heavy atom. The fraction of sp³-hybridized carbons (Fsp3) is 0.333. The van der Waals surface area contributed by atoms with Gasteiger partial charge in [0.05, 0.1) is 11.4 Å². The quantitative estimate of drug-likeness (QED) is 0.856. The van der Waals surface area contributed by atoms with Gasteiger partial charge in [0.1, 0.15) is 0 Å². The highest BCUT2D eigenvalue weighted by Gasteiger charge is 2.19. The van der Waals surface area contributed by atoms with Gasteiger partial charge in [-0.15, -0.1) is 0 Å². The molecule has 0 amide bonds. The Kier molecular flexibility index (Phi) is 4.00. The van der Waals surface area contributed by atoms with E-state index < -0.39 is 0 Å². The average molecular weight is 281 g/mol. The van der Waals surface area contributed by atoms with Crippen molar-refractivity contribution in [1.82, 2.24) is 0 Å². The van der Waals surface area contributed by atoms with Gasteiger partial charge in [0.2, 0.25) is 0 Å². The summed E-state index contributed by atoms with van der Waals surface area (Å²) in [6.45, 7) is 4.29. The van der Waals surface area contributed by atoms with Crippen LogP contribution in [0.25, 0.3) is 0 Å². The molecule has 1 heterocycles. The second-order valence-corrected chi connectivity index (χ2v) is 5.69. The molecule has 3 rings (SSSR count). The molecule has 110 valence electrons. The van der Waals surface area contributed by atoms with Crippen molar-refractivity contribution in [1.29, 1.82) is 0 Å². The first-order valence-corrected chi connectivity index (χ1v) is 7.57. The van der Waals surface area contributed by atoms with Crippen molar-refractivity contribution in [3.8, 4) is 0 Å². The lowest BCUT2D eigenvalue weighted by Crippen LogP contribution is -2.46. The van der Waals surface area contributed by atoms with Gasteiger partial charge in [0.25, 0.3) is 0 Å². The summed E-state index contributed by atoms with van der Waals surface area (Å²) in [6.07, 6.45) is 0. The standard InChI is InChI=1S/C18H23N3/c1-19(2)17-10-6-7-11-18(17)21-14-12-20(13-15-21)16-8-4-3-5-9-16/h3-11H,12-15H2,1-2H3. The molecule has 3 nitrogen and oxygen atoms in total. The second kappa shape index (κ2) is 6.08. The van der Waals surface area contributed by atoms with Gasteiger partial charge in [0.15, 0.2) is 0 Å². The van der Waals surface area contributed by atoms with E-state index in [9.17, 15) is 0 Å². The van der Waals surface area contributed by atoms with Crippen LogP contribution in [0.5, 0.6) is 0 Å². The van der Waals surface area contributed by atoms with Crippen LogP contribution in [0, 0.1) is 0 Å². The Morgan fingerprint density at radius 2 is 1.29 bits per heavy atom. The van der Waals surface area contributed by atoms with Crippen molar-refractivity contribution >= 4 is 17.1 Å². The van der Waals surface area contributed by atoms with Crippen LogP contribution in [0.1, 0.15) is 0 Å². The third-order valence-corrected chi connectivity index (χ3v) is 4.11. The Labute approximate surface area is 127 Å². The van der Waals surface area contributed by atoms with Crippen molar-refractivity contribution < 1.29 is 0 Å². The van der Waals surface area contributed by atoms with Crippen LogP contribution in [0.3, 0.4) is 0 Å². The van der Waals surface area contributed by atoms with Gasteiger partial charge in [-0.05, 0) is 24.3 Å². The molecule has 1 fully saturated rings. The minimum Gasteiger partial charge on any atom is -0.376 e. The molecular formula is C18H23N3. The number of piperazine rings is 1. The Bertz CT molecular complexity index is 572. The van der Waals surface area contributed by atoms with Crippen molar-refractivity contribution in [3.63, 3.8) is 0 Å². The highest BCUT2D eigenvalue weighted by molar-refractivity contribution is 5.71. The molecule has 0 saturated carbocycles. The summed E-state index contributed by atoms with van der Waals surface area (Å²) in [7, 11) is 4.22. The fourth-order valence-electron chi connectivity index (χ4n) is 2.95. The van der Waals surface area contributed by atoms with Crippen LogP contribution < -0.4 is 14.7 Å². The third kappa shape index (κ3) is 2.97. The van der Waals surface area contributed by atoms with Crippen LogP contribution in [-0.2, 0) is 0 Å². The maximum absolute atomic E-state index is 2.49. The highest BCUT2D eigenvalue weighted by Crippen LogP contribution is 2.29. The van der Waals surface area contributed by atoms with E-state index in [0.29, 0.717) is 0 Å².